The summed E-state index contributed by atoms with van der Waals surface area (Å²) in [6.45, 7) is 2.03. The number of aromatic nitrogens is 1. The van der Waals surface area contributed by atoms with Crippen LogP contribution in [0.25, 0.3) is 10.9 Å². The van der Waals surface area contributed by atoms with E-state index >= 15 is 0 Å². The molecule has 0 radical (unpaired) electrons. The Balaban J connectivity index is 2.38. The van der Waals surface area contributed by atoms with Crippen molar-refractivity contribution in [1.29, 1.82) is 0 Å². The summed E-state index contributed by atoms with van der Waals surface area (Å²) < 4.78 is 0. The lowest BCUT2D eigenvalue weighted by Crippen LogP contribution is -2.11. The fourth-order valence-electron chi connectivity index (χ4n) is 1.86. The van der Waals surface area contributed by atoms with Crippen LogP contribution in [-0.4, -0.2) is 10.9 Å². The monoisotopic (exact) mass is 214 g/mol. The lowest BCUT2D eigenvalue weighted by atomic mass is 10.0. The SMILES string of the molecule is Cc1cc(CCC(N)=O)cc2cccnc12. The van der Waals surface area contributed by atoms with Crippen molar-refractivity contribution in [3.63, 3.8) is 0 Å². The first-order valence-corrected chi connectivity index (χ1v) is 5.29. The number of pyridine rings is 1. The van der Waals surface area contributed by atoms with Crippen molar-refractivity contribution >= 4 is 16.8 Å². The number of rotatable bonds is 3. The number of primary amides is 1. The second kappa shape index (κ2) is 4.31. The van der Waals surface area contributed by atoms with E-state index in [-0.39, 0.29) is 5.91 Å². The molecule has 82 valence electrons. The number of nitrogens with two attached hydrogens (primary N) is 1. The Labute approximate surface area is 94.3 Å². The molecular weight excluding hydrogens is 200 g/mol. The highest BCUT2D eigenvalue weighted by Crippen LogP contribution is 2.19. The van der Waals surface area contributed by atoms with Crippen LogP contribution in [0.2, 0.25) is 0 Å². The molecule has 0 saturated heterocycles. The van der Waals surface area contributed by atoms with Gasteiger partial charge in [0.15, 0.2) is 0 Å². The van der Waals surface area contributed by atoms with Crippen molar-refractivity contribution in [3.05, 3.63) is 41.6 Å². The van der Waals surface area contributed by atoms with Crippen LogP contribution in [0.1, 0.15) is 17.5 Å². The number of fused-ring (bicyclic) bond motifs is 1. The third-order valence-electron chi connectivity index (χ3n) is 2.62. The molecule has 2 aromatic rings. The van der Waals surface area contributed by atoms with E-state index in [1.807, 2.05) is 19.1 Å². The van der Waals surface area contributed by atoms with Crippen LogP contribution in [0.15, 0.2) is 30.5 Å². The van der Waals surface area contributed by atoms with Crippen molar-refractivity contribution in [2.24, 2.45) is 5.73 Å². The van der Waals surface area contributed by atoms with Gasteiger partial charge in [-0.05, 0) is 36.6 Å². The van der Waals surface area contributed by atoms with E-state index in [0.29, 0.717) is 12.8 Å². The summed E-state index contributed by atoms with van der Waals surface area (Å²) in [7, 11) is 0. The van der Waals surface area contributed by atoms with Crippen molar-refractivity contribution in [2.75, 3.05) is 0 Å². The van der Waals surface area contributed by atoms with E-state index in [4.69, 9.17) is 5.73 Å². The topological polar surface area (TPSA) is 56.0 Å². The third-order valence-corrected chi connectivity index (χ3v) is 2.62. The van der Waals surface area contributed by atoms with E-state index in [2.05, 4.69) is 17.1 Å². The number of benzene rings is 1. The maximum atomic E-state index is 10.7. The third kappa shape index (κ3) is 2.19. The molecule has 1 aromatic heterocycles. The predicted molar refractivity (Wildman–Crippen MR) is 64.0 cm³/mol. The number of nitrogens with zero attached hydrogens (tertiary/aromatic N) is 1. The van der Waals surface area contributed by atoms with Gasteiger partial charge in [0, 0.05) is 18.0 Å². The molecule has 0 aliphatic rings. The van der Waals surface area contributed by atoms with Gasteiger partial charge in [0.2, 0.25) is 5.91 Å². The molecular formula is C13H14N2O. The largest absolute Gasteiger partial charge is 0.370 e. The zero-order valence-electron chi connectivity index (χ0n) is 9.23. The number of aryl methyl sites for hydroxylation is 2. The lowest BCUT2D eigenvalue weighted by molar-refractivity contribution is -0.117. The van der Waals surface area contributed by atoms with E-state index in [1.165, 1.54) is 0 Å². The van der Waals surface area contributed by atoms with Crippen LogP contribution in [0, 0.1) is 6.92 Å². The van der Waals surface area contributed by atoms with E-state index < -0.39 is 0 Å². The Morgan fingerprint density at radius 1 is 1.44 bits per heavy atom. The van der Waals surface area contributed by atoms with Gasteiger partial charge in [-0.25, -0.2) is 0 Å². The first kappa shape index (κ1) is 10.6. The van der Waals surface area contributed by atoms with E-state index in [0.717, 1.165) is 22.0 Å². The van der Waals surface area contributed by atoms with Gasteiger partial charge in [-0.15, -0.1) is 0 Å². The molecule has 0 unspecified atom stereocenters. The molecule has 0 aliphatic heterocycles. The molecule has 0 fully saturated rings. The summed E-state index contributed by atoms with van der Waals surface area (Å²) in [6.07, 6.45) is 2.88. The molecule has 0 bridgehead atoms. The highest BCUT2D eigenvalue weighted by atomic mass is 16.1. The van der Waals surface area contributed by atoms with Gasteiger partial charge in [0.1, 0.15) is 0 Å². The summed E-state index contributed by atoms with van der Waals surface area (Å²) >= 11 is 0. The molecule has 0 aliphatic carbocycles. The average molecular weight is 214 g/mol. The normalized spacial score (nSPS) is 10.6. The van der Waals surface area contributed by atoms with Crippen molar-refractivity contribution in [2.45, 2.75) is 19.8 Å². The minimum atomic E-state index is -0.260. The second-order valence-electron chi connectivity index (χ2n) is 3.95. The molecule has 1 aromatic carbocycles. The van der Waals surface area contributed by atoms with Gasteiger partial charge in [-0.1, -0.05) is 12.1 Å². The Morgan fingerprint density at radius 2 is 2.25 bits per heavy atom. The van der Waals surface area contributed by atoms with Crippen LogP contribution in [-0.2, 0) is 11.2 Å². The Bertz CT molecular complexity index is 534. The van der Waals surface area contributed by atoms with Gasteiger partial charge in [-0.2, -0.15) is 0 Å². The molecule has 2 N–H and O–H groups in total. The maximum absolute atomic E-state index is 10.7. The molecule has 0 spiro atoms. The Kier molecular flexibility index (Phi) is 2.86. The second-order valence-corrected chi connectivity index (χ2v) is 3.95. The minimum absolute atomic E-state index is 0.260. The fraction of sp³-hybridized carbons (Fsp3) is 0.231. The van der Waals surface area contributed by atoms with Crippen LogP contribution in [0.5, 0.6) is 0 Å². The predicted octanol–water partition coefficient (Wildman–Crippen LogP) is 1.96. The summed E-state index contributed by atoms with van der Waals surface area (Å²) in [5.74, 6) is -0.260. The lowest BCUT2D eigenvalue weighted by Gasteiger charge is -2.05. The van der Waals surface area contributed by atoms with Gasteiger partial charge < -0.3 is 5.73 Å². The molecule has 0 saturated carbocycles. The van der Waals surface area contributed by atoms with Gasteiger partial charge in [0.05, 0.1) is 5.52 Å². The molecule has 1 heterocycles. The minimum Gasteiger partial charge on any atom is -0.370 e. The molecule has 3 heteroatoms. The molecule has 0 atom stereocenters. The fourth-order valence-corrected chi connectivity index (χ4v) is 1.86. The van der Waals surface area contributed by atoms with E-state index in [9.17, 15) is 4.79 Å². The van der Waals surface area contributed by atoms with Gasteiger partial charge >= 0.3 is 0 Å². The molecule has 3 nitrogen and oxygen atoms in total. The van der Waals surface area contributed by atoms with Crippen LogP contribution in [0.4, 0.5) is 0 Å². The molecule has 16 heavy (non-hydrogen) atoms. The van der Waals surface area contributed by atoms with Crippen LogP contribution >= 0.6 is 0 Å². The van der Waals surface area contributed by atoms with Gasteiger partial charge in [0.25, 0.3) is 0 Å². The molecule has 1 amide bonds. The number of hydrogen-bond donors (Lipinski definition) is 1. The van der Waals surface area contributed by atoms with Crippen molar-refractivity contribution < 1.29 is 4.79 Å². The van der Waals surface area contributed by atoms with Crippen LogP contribution in [0.3, 0.4) is 0 Å². The number of hydrogen-bond acceptors (Lipinski definition) is 2. The first-order valence-electron chi connectivity index (χ1n) is 5.29. The van der Waals surface area contributed by atoms with Crippen molar-refractivity contribution in [3.8, 4) is 0 Å². The van der Waals surface area contributed by atoms with Crippen LogP contribution < -0.4 is 5.73 Å². The summed E-state index contributed by atoms with van der Waals surface area (Å²) in [4.78, 5) is 15.1. The smallest absolute Gasteiger partial charge is 0.217 e. The first-order chi connectivity index (χ1) is 7.66. The van der Waals surface area contributed by atoms with E-state index in [1.54, 1.807) is 6.20 Å². The number of amides is 1. The zero-order valence-corrected chi connectivity index (χ0v) is 9.23. The summed E-state index contributed by atoms with van der Waals surface area (Å²) in [6, 6.07) is 8.08. The molecule has 2 rings (SSSR count). The standard InChI is InChI=1S/C13H14N2O/c1-9-7-10(4-5-12(14)16)8-11-3-2-6-15-13(9)11/h2-3,6-8H,4-5H2,1H3,(H2,14,16). The van der Waals surface area contributed by atoms with Gasteiger partial charge in [-0.3, -0.25) is 9.78 Å². The summed E-state index contributed by atoms with van der Waals surface area (Å²) in [5, 5.41) is 1.11. The average Bonchev–Trinajstić information content (AvgIpc) is 2.26. The summed E-state index contributed by atoms with van der Waals surface area (Å²) in [5.41, 5.74) is 8.43. The Hall–Kier alpha value is -1.90. The number of carbonyl (C=O) groups is 1. The highest BCUT2D eigenvalue weighted by Gasteiger charge is 2.03. The highest BCUT2D eigenvalue weighted by molar-refractivity contribution is 5.82. The maximum Gasteiger partial charge on any atom is 0.217 e. The quantitative estimate of drug-likeness (QED) is 0.849. The zero-order chi connectivity index (χ0) is 11.5. The Morgan fingerprint density at radius 3 is 3.00 bits per heavy atom. The van der Waals surface area contributed by atoms with Crippen molar-refractivity contribution in [1.82, 2.24) is 4.98 Å². The number of carbonyl (C=O) groups excluding carboxylic acids is 1.